The Balaban J connectivity index is 0.833. The van der Waals surface area contributed by atoms with Crippen LogP contribution in [0.2, 0.25) is 5.02 Å². The second-order valence-electron chi connectivity index (χ2n) is 14.0. The lowest BCUT2D eigenvalue weighted by Gasteiger charge is -2.37. The molecule has 0 radical (unpaired) electrons. The van der Waals surface area contributed by atoms with Crippen LogP contribution in [0.1, 0.15) is 52.5 Å². The summed E-state index contributed by atoms with van der Waals surface area (Å²) in [5.74, 6) is -2.32. The number of fused-ring (bicyclic) bond motifs is 2. The number of piperazine rings is 2. The van der Waals surface area contributed by atoms with Crippen LogP contribution >= 0.6 is 11.6 Å². The Morgan fingerprint density at radius 1 is 0.907 bits per heavy atom. The molecular formula is C39H39ClN8O6. The van der Waals surface area contributed by atoms with Crippen LogP contribution in [-0.4, -0.2) is 119 Å². The van der Waals surface area contributed by atoms with Crippen molar-refractivity contribution in [2.24, 2.45) is 0 Å². The van der Waals surface area contributed by atoms with Gasteiger partial charge in [0.15, 0.2) is 0 Å². The maximum Gasteiger partial charge on any atom is 0.262 e. The summed E-state index contributed by atoms with van der Waals surface area (Å²) in [6.07, 6.45) is 4.96. The van der Waals surface area contributed by atoms with Gasteiger partial charge in [0.1, 0.15) is 18.2 Å². The molecule has 0 saturated carbocycles. The Bertz CT molecular complexity index is 2230. The molecule has 0 aliphatic carbocycles. The second kappa shape index (κ2) is 14.3. The number of halogens is 1. The number of aromatic nitrogens is 2. The van der Waals surface area contributed by atoms with E-state index in [0.29, 0.717) is 57.3 Å². The van der Waals surface area contributed by atoms with Crippen LogP contribution in [0.5, 0.6) is 0 Å². The third-order valence-corrected chi connectivity index (χ3v) is 11.3. The van der Waals surface area contributed by atoms with Crippen LogP contribution in [0.3, 0.4) is 0 Å². The molecule has 1 atom stereocenters. The first-order chi connectivity index (χ1) is 26.1. The molecule has 278 valence electrons. The quantitative estimate of drug-likeness (QED) is 0.258. The summed E-state index contributed by atoms with van der Waals surface area (Å²) in [6.45, 7) is 6.15. The number of carbonyl (C=O) groups excluding carboxylic acids is 6. The van der Waals surface area contributed by atoms with Gasteiger partial charge in [0.25, 0.3) is 11.8 Å². The van der Waals surface area contributed by atoms with E-state index in [4.69, 9.17) is 11.6 Å². The van der Waals surface area contributed by atoms with Crippen molar-refractivity contribution in [1.29, 1.82) is 0 Å². The number of aryl methyl sites for hydroxylation is 1. The van der Waals surface area contributed by atoms with Gasteiger partial charge >= 0.3 is 0 Å². The minimum Gasteiger partial charge on any atom is -0.369 e. The molecule has 8 rings (SSSR count). The Labute approximate surface area is 316 Å². The van der Waals surface area contributed by atoms with E-state index >= 15 is 0 Å². The summed E-state index contributed by atoms with van der Waals surface area (Å²) < 4.78 is 0. The van der Waals surface area contributed by atoms with Crippen molar-refractivity contribution in [2.45, 2.75) is 38.6 Å². The van der Waals surface area contributed by atoms with Crippen molar-refractivity contribution >= 4 is 69.5 Å². The standard InChI is InChI=1S/C39H39ClN8O6/c1-2-23-20-41-36-34(23)35(40)29(21-42-36)24-4-3-5-26(18-24)47-17-16-46(22-33(47)51)32(50)10-11-44-12-14-45(15-13-44)25-6-7-27-28(19-25)39(54)48(38(27)53)30-8-9-31(49)43-37(30)52/h3-7,18-21,30H,2,8-17,22H2,1H3,(H,41,42)(H,43,49,52). The van der Waals surface area contributed by atoms with E-state index in [0.717, 1.165) is 50.4 Å². The smallest absolute Gasteiger partial charge is 0.262 e. The Morgan fingerprint density at radius 3 is 2.46 bits per heavy atom. The van der Waals surface area contributed by atoms with E-state index in [1.165, 1.54) is 0 Å². The zero-order valence-corrected chi connectivity index (χ0v) is 30.5. The van der Waals surface area contributed by atoms with Gasteiger partial charge in [-0.05, 0) is 54.3 Å². The second-order valence-corrected chi connectivity index (χ2v) is 14.4. The van der Waals surface area contributed by atoms with Crippen molar-refractivity contribution in [3.63, 3.8) is 0 Å². The molecule has 4 aromatic rings. The van der Waals surface area contributed by atoms with Gasteiger partial charge < -0.3 is 19.7 Å². The van der Waals surface area contributed by atoms with Crippen LogP contribution < -0.4 is 15.1 Å². The lowest BCUT2D eigenvalue weighted by molar-refractivity contribution is -0.137. The molecule has 1 unspecified atom stereocenters. The number of H-pyrrole nitrogens is 1. The predicted octanol–water partition coefficient (Wildman–Crippen LogP) is 3.23. The lowest BCUT2D eigenvalue weighted by Crippen LogP contribution is -2.54. The largest absolute Gasteiger partial charge is 0.369 e. The molecule has 2 aromatic heterocycles. The fourth-order valence-corrected chi connectivity index (χ4v) is 8.27. The number of hydrogen-bond acceptors (Lipinski definition) is 9. The molecule has 2 N–H and O–H groups in total. The van der Waals surface area contributed by atoms with Gasteiger partial charge in [-0.2, -0.15) is 0 Å². The van der Waals surface area contributed by atoms with Crippen molar-refractivity contribution < 1.29 is 28.8 Å². The van der Waals surface area contributed by atoms with E-state index in [1.54, 1.807) is 34.2 Å². The van der Waals surface area contributed by atoms with Gasteiger partial charge in [-0.1, -0.05) is 30.7 Å². The number of pyridine rings is 1. The molecule has 3 saturated heterocycles. The van der Waals surface area contributed by atoms with Crippen LogP contribution in [0.25, 0.3) is 22.2 Å². The van der Waals surface area contributed by atoms with Crippen LogP contribution in [0.4, 0.5) is 11.4 Å². The van der Waals surface area contributed by atoms with Crippen molar-refractivity contribution in [1.82, 2.24) is 30.0 Å². The van der Waals surface area contributed by atoms with Crippen LogP contribution in [-0.2, 0) is 25.6 Å². The highest BCUT2D eigenvalue weighted by Gasteiger charge is 2.45. The van der Waals surface area contributed by atoms with Crippen LogP contribution in [0.15, 0.2) is 54.9 Å². The van der Waals surface area contributed by atoms with Crippen molar-refractivity contribution in [3.05, 3.63) is 76.6 Å². The van der Waals surface area contributed by atoms with E-state index in [1.807, 2.05) is 30.5 Å². The first kappa shape index (κ1) is 35.4. The number of aromatic amines is 1. The molecule has 14 nitrogen and oxygen atoms in total. The summed E-state index contributed by atoms with van der Waals surface area (Å²) in [5, 5.41) is 3.75. The number of nitrogens with zero attached hydrogens (tertiary/aromatic N) is 6. The molecule has 3 fully saturated rings. The number of carbonyl (C=O) groups is 6. The third kappa shape index (κ3) is 6.38. The average molecular weight is 751 g/mol. The molecule has 6 heterocycles. The number of nitrogens with one attached hydrogen (secondary N) is 2. The highest BCUT2D eigenvalue weighted by Crippen LogP contribution is 2.37. The third-order valence-electron chi connectivity index (χ3n) is 10.9. The maximum atomic E-state index is 13.4. The highest BCUT2D eigenvalue weighted by molar-refractivity contribution is 6.38. The molecule has 15 heteroatoms. The minimum atomic E-state index is -1.01. The number of imide groups is 2. The molecule has 0 bridgehead atoms. The Hall–Kier alpha value is -5.60. The fraction of sp³-hybridized carbons (Fsp3) is 0.359. The van der Waals surface area contributed by atoms with E-state index in [-0.39, 0.29) is 42.3 Å². The normalized spacial score (nSPS) is 19.6. The molecule has 4 aliphatic heterocycles. The number of amides is 6. The Morgan fingerprint density at radius 2 is 1.70 bits per heavy atom. The molecular weight excluding hydrogens is 712 g/mol. The molecule has 2 aromatic carbocycles. The van der Waals surface area contributed by atoms with Gasteiger partial charge in [0.05, 0.1) is 16.1 Å². The summed E-state index contributed by atoms with van der Waals surface area (Å²) in [6, 6.07) is 11.8. The van der Waals surface area contributed by atoms with Crippen LogP contribution in [0, 0.1) is 0 Å². The topological polar surface area (TPSA) is 159 Å². The highest BCUT2D eigenvalue weighted by atomic mass is 35.5. The number of anilines is 2. The summed E-state index contributed by atoms with van der Waals surface area (Å²) in [4.78, 5) is 93.4. The van der Waals surface area contributed by atoms with Gasteiger partial charge in [-0.15, -0.1) is 0 Å². The number of benzene rings is 2. The van der Waals surface area contributed by atoms with E-state index in [2.05, 4.69) is 32.0 Å². The number of rotatable bonds is 8. The first-order valence-electron chi connectivity index (χ1n) is 18.3. The monoisotopic (exact) mass is 750 g/mol. The van der Waals surface area contributed by atoms with Crippen molar-refractivity contribution in [2.75, 3.05) is 62.2 Å². The van der Waals surface area contributed by atoms with E-state index in [9.17, 15) is 28.8 Å². The molecule has 54 heavy (non-hydrogen) atoms. The molecule has 6 amide bonds. The first-order valence-corrected chi connectivity index (χ1v) is 18.6. The zero-order valence-electron chi connectivity index (χ0n) is 29.8. The van der Waals surface area contributed by atoms with Gasteiger partial charge in [-0.3, -0.25) is 43.9 Å². The van der Waals surface area contributed by atoms with Gasteiger partial charge in [0, 0.05) is 93.4 Å². The van der Waals surface area contributed by atoms with Gasteiger partial charge in [0.2, 0.25) is 23.6 Å². The zero-order chi connectivity index (χ0) is 37.7. The Kier molecular flexibility index (Phi) is 9.40. The van der Waals surface area contributed by atoms with E-state index < -0.39 is 29.7 Å². The summed E-state index contributed by atoms with van der Waals surface area (Å²) in [5.41, 5.74) is 5.52. The summed E-state index contributed by atoms with van der Waals surface area (Å²) in [7, 11) is 0. The number of hydrogen-bond donors (Lipinski definition) is 2. The lowest BCUT2D eigenvalue weighted by atomic mass is 10.0. The molecule has 4 aliphatic rings. The predicted molar refractivity (Wildman–Crippen MR) is 201 cm³/mol. The average Bonchev–Trinajstić information content (AvgIpc) is 3.72. The SMILES string of the molecule is CCc1c[nH]c2ncc(-c3cccc(N4CCN(C(=O)CCN5CCN(c6ccc7c(c6)C(=O)N(C6CCC(=O)NC6=O)C7=O)CC5)CC4=O)c3)c(Cl)c12. The van der Waals surface area contributed by atoms with Crippen molar-refractivity contribution in [3.8, 4) is 11.1 Å². The maximum absolute atomic E-state index is 13.4. The minimum absolute atomic E-state index is 0.00877. The summed E-state index contributed by atoms with van der Waals surface area (Å²) >= 11 is 6.87. The molecule has 0 spiro atoms. The number of piperidine rings is 1. The van der Waals surface area contributed by atoms with Gasteiger partial charge in [-0.25, -0.2) is 4.98 Å². The fourth-order valence-electron chi connectivity index (χ4n) is 7.90.